The van der Waals surface area contributed by atoms with Gasteiger partial charge < -0.3 is 9.13 Å². The number of aromatic nitrogens is 2. The van der Waals surface area contributed by atoms with Crippen molar-refractivity contribution in [1.29, 1.82) is 0 Å². The van der Waals surface area contributed by atoms with E-state index in [1.165, 1.54) is 110 Å². The lowest BCUT2D eigenvalue weighted by molar-refractivity contribution is 0.799. The van der Waals surface area contributed by atoms with Crippen LogP contribution < -0.4 is 0 Å². The van der Waals surface area contributed by atoms with E-state index in [2.05, 4.69) is 203 Å². The van der Waals surface area contributed by atoms with Gasteiger partial charge in [-0.2, -0.15) is 0 Å². The van der Waals surface area contributed by atoms with Crippen molar-refractivity contribution in [3.8, 4) is 33.6 Å². The molecule has 0 unspecified atom stereocenters. The minimum atomic E-state index is -0.541. The molecule has 55 heavy (non-hydrogen) atoms. The smallest absolute Gasteiger partial charge is 0.0733 e. The Balaban J connectivity index is 1.25. The second kappa shape index (κ2) is 10.5. The van der Waals surface area contributed by atoms with Crippen LogP contribution in [-0.4, -0.2) is 9.13 Å². The van der Waals surface area contributed by atoms with Gasteiger partial charge in [0.05, 0.1) is 33.2 Å². The fraction of sp³-hybridized carbons (Fsp3) is 0.0189. The van der Waals surface area contributed by atoms with Crippen molar-refractivity contribution in [3.05, 3.63) is 216 Å². The monoisotopic (exact) mass is 696 g/mol. The van der Waals surface area contributed by atoms with Crippen molar-refractivity contribution in [2.45, 2.75) is 5.41 Å². The predicted molar refractivity (Wildman–Crippen MR) is 229 cm³/mol. The van der Waals surface area contributed by atoms with E-state index in [9.17, 15) is 0 Å². The molecule has 2 nitrogen and oxygen atoms in total. The number of rotatable bonds is 2. The third-order valence-corrected chi connectivity index (χ3v) is 12.7. The first-order valence-electron chi connectivity index (χ1n) is 19.2. The molecule has 2 aromatic heterocycles. The first-order chi connectivity index (χ1) is 27.3. The van der Waals surface area contributed by atoms with E-state index in [0.717, 1.165) is 0 Å². The number of benzene rings is 9. The van der Waals surface area contributed by atoms with E-state index in [1.54, 1.807) is 0 Å². The summed E-state index contributed by atoms with van der Waals surface area (Å²) in [5.74, 6) is 0. The molecular formula is C53H32N2. The average Bonchev–Trinajstić information content (AvgIpc) is 3.96. The first kappa shape index (κ1) is 29.3. The molecule has 9 aromatic carbocycles. The van der Waals surface area contributed by atoms with Gasteiger partial charge in [-0.3, -0.25) is 0 Å². The number of hydrogen-bond acceptors (Lipinski definition) is 0. The van der Waals surface area contributed by atoms with Gasteiger partial charge in [0.25, 0.3) is 0 Å². The third kappa shape index (κ3) is 3.55. The standard InChI is InChI=1S/C53H32N2/c1-2-16-35-33(15-1)31-50(55-48-27-13-7-21-40(48)41-22-8-14-28-49(41)55)51-42-30-29-34(54-46-25-11-5-19-38(46)39-20-6-12-26-47(39)54)32-45(42)53(52(35)51)43-23-9-3-17-36(43)37-18-4-10-24-44(37)53/h1-32H. The van der Waals surface area contributed by atoms with Crippen molar-refractivity contribution >= 4 is 54.4 Å². The lowest BCUT2D eigenvalue weighted by Gasteiger charge is -2.32. The molecule has 254 valence electrons. The third-order valence-electron chi connectivity index (χ3n) is 12.7. The zero-order valence-corrected chi connectivity index (χ0v) is 29.9. The lowest BCUT2D eigenvalue weighted by Crippen LogP contribution is -2.26. The van der Waals surface area contributed by atoms with Gasteiger partial charge in [-0.25, -0.2) is 0 Å². The highest BCUT2D eigenvalue weighted by atomic mass is 15.0. The molecule has 0 saturated carbocycles. The Kier molecular flexibility index (Phi) is 5.59. The minimum absolute atomic E-state index is 0.541. The molecule has 2 aliphatic rings. The summed E-state index contributed by atoms with van der Waals surface area (Å²) in [4.78, 5) is 0. The second-order valence-corrected chi connectivity index (χ2v) is 15.2. The number of nitrogens with zero attached hydrogens (tertiary/aromatic N) is 2. The zero-order valence-electron chi connectivity index (χ0n) is 29.9. The van der Waals surface area contributed by atoms with Crippen molar-refractivity contribution in [2.75, 3.05) is 0 Å². The Labute approximate surface area is 317 Å². The summed E-state index contributed by atoms with van der Waals surface area (Å²) in [7, 11) is 0. The van der Waals surface area contributed by atoms with Gasteiger partial charge in [0.1, 0.15) is 0 Å². The Morgan fingerprint density at radius 3 is 1.35 bits per heavy atom. The molecule has 0 atom stereocenters. The largest absolute Gasteiger partial charge is 0.309 e. The van der Waals surface area contributed by atoms with Crippen LogP contribution in [0.4, 0.5) is 0 Å². The quantitative estimate of drug-likeness (QED) is 0.170. The summed E-state index contributed by atoms with van der Waals surface area (Å²) in [5, 5.41) is 7.62. The molecule has 13 rings (SSSR count). The molecule has 2 aliphatic carbocycles. The Hall–Kier alpha value is -7.16. The summed E-state index contributed by atoms with van der Waals surface area (Å²) in [6.45, 7) is 0. The summed E-state index contributed by atoms with van der Waals surface area (Å²) in [6.07, 6.45) is 0. The predicted octanol–water partition coefficient (Wildman–Crippen LogP) is 13.4. The molecular weight excluding hydrogens is 665 g/mol. The lowest BCUT2D eigenvalue weighted by atomic mass is 9.69. The van der Waals surface area contributed by atoms with Crippen LogP contribution in [0, 0.1) is 0 Å². The van der Waals surface area contributed by atoms with Gasteiger partial charge in [-0.05, 0) is 92.2 Å². The SMILES string of the molecule is c1ccc2c(c1)-c1ccccc1C21c2cc(-n3c4ccccc4c4ccccc43)ccc2-c2c(-n3c4ccccc4c4ccccc43)cc3ccccc3c21. The maximum Gasteiger partial charge on any atom is 0.0733 e. The van der Waals surface area contributed by atoms with Gasteiger partial charge >= 0.3 is 0 Å². The van der Waals surface area contributed by atoms with Gasteiger partial charge in [0.2, 0.25) is 0 Å². The summed E-state index contributed by atoms with van der Waals surface area (Å²) >= 11 is 0. The molecule has 2 heterocycles. The van der Waals surface area contributed by atoms with Crippen molar-refractivity contribution in [2.24, 2.45) is 0 Å². The fourth-order valence-electron chi connectivity index (χ4n) is 10.7. The molecule has 0 bridgehead atoms. The Morgan fingerprint density at radius 2 is 0.782 bits per heavy atom. The van der Waals surface area contributed by atoms with Crippen LogP contribution in [0.15, 0.2) is 194 Å². The van der Waals surface area contributed by atoms with Crippen LogP contribution in [-0.2, 0) is 5.41 Å². The van der Waals surface area contributed by atoms with E-state index in [-0.39, 0.29) is 0 Å². The van der Waals surface area contributed by atoms with Crippen LogP contribution in [0.3, 0.4) is 0 Å². The first-order valence-corrected chi connectivity index (χ1v) is 19.2. The van der Waals surface area contributed by atoms with Crippen LogP contribution in [0.25, 0.3) is 88.0 Å². The molecule has 0 radical (unpaired) electrons. The molecule has 0 saturated heterocycles. The van der Waals surface area contributed by atoms with Gasteiger partial charge in [-0.15, -0.1) is 0 Å². The maximum atomic E-state index is 2.53. The molecule has 1 spiro atoms. The molecule has 0 N–H and O–H groups in total. The summed E-state index contributed by atoms with van der Waals surface area (Å²) in [5.41, 5.74) is 17.3. The van der Waals surface area contributed by atoms with E-state index in [1.807, 2.05) is 0 Å². The summed E-state index contributed by atoms with van der Waals surface area (Å²) in [6, 6.07) is 72.6. The minimum Gasteiger partial charge on any atom is -0.309 e. The van der Waals surface area contributed by atoms with Crippen LogP contribution in [0.2, 0.25) is 0 Å². The highest BCUT2D eigenvalue weighted by Gasteiger charge is 2.53. The average molecular weight is 697 g/mol. The second-order valence-electron chi connectivity index (χ2n) is 15.2. The van der Waals surface area contributed by atoms with Crippen molar-refractivity contribution in [3.63, 3.8) is 0 Å². The van der Waals surface area contributed by atoms with E-state index in [0.29, 0.717) is 0 Å². The number of fused-ring (bicyclic) bond motifs is 18. The number of para-hydroxylation sites is 4. The molecule has 0 fully saturated rings. The Bertz CT molecular complexity index is 3290. The van der Waals surface area contributed by atoms with Gasteiger partial charge in [0, 0.05) is 32.8 Å². The van der Waals surface area contributed by atoms with Crippen LogP contribution in [0.5, 0.6) is 0 Å². The highest BCUT2D eigenvalue weighted by molar-refractivity contribution is 6.13. The molecule has 0 amide bonds. The topological polar surface area (TPSA) is 9.86 Å². The van der Waals surface area contributed by atoms with Crippen LogP contribution in [0.1, 0.15) is 22.3 Å². The van der Waals surface area contributed by atoms with Crippen molar-refractivity contribution < 1.29 is 0 Å². The van der Waals surface area contributed by atoms with Gasteiger partial charge in [-0.1, -0.05) is 152 Å². The van der Waals surface area contributed by atoms with Crippen molar-refractivity contribution in [1.82, 2.24) is 9.13 Å². The van der Waals surface area contributed by atoms with Gasteiger partial charge in [0.15, 0.2) is 0 Å². The van der Waals surface area contributed by atoms with Crippen LogP contribution >= 0.6 is 0 Å². The Morgan fingerprint density at radius 1 is 0.327 bits per heavy atom. The fourth-order valence-corrected chi connectivity index (χ4v) is 10.7. The van der Waals surface area contributed by atoms with E-state index in [4.69, 9.17) is 0 Å². The maximum absolute atomic E-state index is 2.53. The van der Waals surface area contributed by atoms with E-state index >= 15 is 0 Å². The van der Waals surface area contributed by atoms with E-state index < -0.39 is 5.41 Å². The molecule has 0 aliphatic heterocycles. The highest BCUT2D eigenvalue weighted by Crippen LogP contribution is 2.65. The number of hydrogen-bond donors (Lipinski definition) is 0. The molecule has 11 aromatic rings. The molecule has 2 heteroatoms. The summed E-state index contributed by atoms with van der Waals surface area (Å²) < 4.78 is 5.01. The zero-order chi connectivity index (χ0) is 35.8. The normalized spacial score (nSPS) is 13.6.